The summed E-state index contributed by atoms with van der Waals surface area (Å²) in [7, 11) is 0. The Labute approximate surface area is 109 Å². The number of hydrogen-bond acceptors (Lipinski definition) is 5. The van der Waals surface area contributed by atoms with Crippen LogP contribution in [0.3, 0.4) is 0 Å². The van der Waals surface area contributed by atoms with Crippen molar-refractivity contribution in [1.82, 2.24) is 15.3 Å². The molecule has 2 N–H and O–H groups in total. The number of rotatable bonds is 5. The molecule has 0 radical (unpaired) electrons. The number of nitrogens with one attached hydrogen (secondary N) is 1. The summed E-state index contributed by atoms with van der Waals surface area (Å²) in [6, 6.07) is 4.20. The fourth-order valence-corrected chi connectivity index (χ4v) is 2.32. The molecule has 1 atom stereocenters. The minimum Gasteiger partial charge on any atom is -0.478 e. The lowest BCUT2D eigenvalue weighted by molar-refractivity contribution is 0.0694. The van der Waals surface area contributed by atoms with E-state index in [9.17, 15) is 4.79 Å². The van der Waals surface area contributed by atoms with E-state index in [1.54, 1.807) is 11.3 Å². The van der Waals surface area contributed by atoms with Gasteiger partial charge in [0.1, 0.15) is 11.9 Å². The van der Waals surface area contributed by atoms with Gasteiger partial charge in [-0.3, -0.25) is 0 Å². The van der Waals surface area contributed by atoms with Gasteiger partial charge in [-0.25, -0.2) is 14.8 Å². The number of hydrogen-bond donors (Lipinski definition) is 2. The lowest BCUT2D eigenvalue weighted by Gasteiger charge is -2.12. The molecule has 6 heteroatoms. The van der Waals surface area contributed by atoms with Gasteiger partial charge >= 0.3 is 5.97 Å². The largest absolute Gasteiger partial charge is 0.478 e. The van der Waals surface area contributed by atoms with Gasteiger partial charge in [0.15, 0.2) is 0 Å². The van der Waals surface area contributed by atoms with Crippen LogP contribution in [-0.4, -0.2) is 21.0 Å². The normalized spacial score (nSPS) is 12.3. The highest BCUT2D eigenvalue weighted by atomic mass is 32.1. The molecule has 18 heavy (non-hydrogen) atoms. The van der Waals surface area contributed by atoms with Crippen LogP contribution in [0.15, 0.2) is 30.0 Å². The second kappa shape index (κ2) is 5.70. The van der Waals surface area contributed by atoms with Crippen LogP contribution in [0.1, 0.15) is 33.9 Å². The third kappa shape index (κ3) is 2.91. The molecule has 94 valence electrons. The standard InChI is InChI=1S/C12H13N3O2S/c1-8(11-3-2-4-18-11)14-6-10-9(12(16)17)5-13-7-15-10/h2-5,7-8,14H,6H2,1H3,(H,16,17)/t8-/m0/s1. The molecule has 5 nitrogen and oxygen atoms in total. The Balaban J connectivity index is 2.04. The van der Waals surface area contributed by atoms with Gasteiger partial charge in [-0.2, -0.15) is 0 Å². The fourth-order valence-electron chi connectivity index (χ4n) is 1.56. The minimum absolute atomic E-state index is 0.142. The molecule has 2 aromatic rings. The van der Waals surface area contributed by atoms with Crippen LogP contribution in [0.5, 0.6) is 0 Å². The Morgan fingerprint density at radius 2 is 2.44 bits per heavy atom. The first-order valence-electron chi connectivity index (χ1n) is 5.47. The third-order valence-corrected chi connectivity index (χ3v) is 3.63. The van der Waals surface area contributed by atoms with Crippen LogP contribution in [0.4, 0.5) is 0 Å². The third-order valence-electron chi connectivity index (χ3n) is 2.57. The number of aromatic nitrogens is 2. The molecule has 0 aliphatic rings. The zero-order chi connectivity index (χ0) is 13.0. The molecule has 0 unspecified atom stereocenters. The summed E-state index contributed by atoms with van der Waals surface area (Å²) in [4.78, 5) is 19.9. The summed E-state index contributed by atoms with van der Waals surface area (Å²) in [6.07, 6.45) is 2.68. The summed E-state index contributed by atoms with van der Waals surface area (Å²) < 4.78 is 0. The number of carbonyl (C=O) groups is 1. The highest BCUT2D eigenvalue weighted by molar-refractivity contribution is 7.10. The molecule has 0 fully saturated rings. The highest BCUT2D eigenvalue weighted by Gasteiger charge is 2.12. The van der Waals surface area contributed by atoms with Crippen molar-refractivity contribution in [3.63, 3.8) is 0 Å². The molecule has 0 saturated heterocycles. The van der Waals surface area contributed by atoms with E-state index in [2.05, 4.69) is 15.3 Å². The van der Waals surface area contributed by atoms with Gasteiger partial charge in [-0.05, 0) is 18.4 Å². The summed E-state index contributed by atoms with van der Waals surface area (Å²) >= 11 is 1.67. The van der Waals surface area contributed by atoms with Crippen molar-refractivity contribution in [3.05, 3.63) is 46.2 Å². The number of thiophene rings is 1. The first-order chi connectivity index (χ1) is 8.68. The number of nitrogens with zero attached hydrogens (tertiary/aromatic N) is 2. The molecule has 0 amide bonds. The molecule has 0 aliphatic heterocycles. The van der Waals surface area contributed by atoms with E-state index < -0.39 is 5.97 Å². The fraction of sp³-hybridized carbons (Fsp3) is 0.250. The average molecular weight is 263 g/mol. The highest BCUT2D eigenvalue weighted by Crippen LogP contribution is 2.18. The van der Waals surface area contributed by atoms with Crippen LogP contribution in [0, 0.1) is 0 Å². The van der Waals surface area contributed by atoms with E-state index in [-0.39, 0.29) is 11.6 Å². The lowest BCUT2D eigenvalue weighted by Crippen LogP contribution is -2.20. The molecule has 0 spiro atoms. The zero-order valence-corrected chi connectivity index (χ0v) is 10.6. The van der Waals surface area contributed by atoms with Gasteiger partial charge in [-0.1, -0.05) is 6.07 Å². The molecular weight excluding hydrogens is 250 g/mol. The molecule has 0 bridgehead atoms. The Hall–Kier alpha value is -1.79. The van der Waals surface area contributed by atoms with Gasteiger partial charge in [-0.15, -0.1) is 11.3 Å². The quantitative estimate of drug-likeness (QED) is 0.864. The van der Waals surface area contributed by atoms with Crippen molar-refractivity contribution in [2.45, 2.75) is 19.5 Å². The van der Waals surface area contributed by atoms with Crippen molar-refractivity contribution in [3.8, 4) is 0 Å². The van der Waals surface area contributed by atoms with Crippen LogP contribution in [-0.2, 0) is 6.54 Å². The molecule has 2 heterocycles. The maximum Gasteiger partial charge on any atom is 0.339 e. The van der Waals surface area contributed by atoms with Crippen molar-refractivity contribution in [2.24, 2.45) is 0 Å². The van der Waals surface area contributed by atoms with E-state index in [0.717, 1.165) is 0 Å². The van der Waals surface area contributed by atoms with E-state index in [1.165, 1.54) is 17.4 Å². The second-order valence-corrected chi connectivity index (χ2v) is 4.79. The van der Waals surface area contributed by atoms with E-state index >= 15 is 0 Å². The van der Waals surface area contributed by atoms with Crippen LogP contribution < -0.4 is 5.32 Å². The summed E-state index contributed by atoms with van der Waals surface area (Å²) in [5, 5.41) is 14.3. The molecule has 0 saturated carbocycles. The predicted molar refractivity (Wildman–Crippen MR) is 68.6 cm³/mol. The van der Waals surface area contributed by atoms with Gasteiger partial charge in [0, 0.05) is 23.7 Å². The first-order valence-corrected chi connectivity index (χ1v) is 6.35. The Bertz CT molecular complexity index is 528. The summed E-state index contributed by atoms with van der Waals surface area (Å²) in [5.41, 5.74) is 0.643. The maximum atomic E-state index is 11.0. The second-order valence-electron chi connectivity index (χ2n) is 3.81. The van der Waals surface area contributed by atoms with Crippen molar-refractivity contribution in [2.75, 3.05) is 0 Å². The van der Waals surface area contributed by atoms with E-state index in [0.29, 0.717) is 12.2 Å². The monoisotopic (exact) mass is 263 g/mol. The average Bonchev–Trinajstić information content (AvgIpc) is 2.90. The Kier molecular flexibility index (Phi) is 4.01. The van der Waals surface area contributed by atoms with Gasteiger partial charge in [0.05, 0.1) is 5.69 Å². The first kappa shape index (κ1) is 12.7. The predicted octanol–water partition coefficient (Wildman–Crippen LogP) is 2.09. The Morgan fingerprint density at radius 3 is 3.11 bits per heavy atom. The van der Waals surface area contributed by atoms with Crippen LogP contribution in [0.25, 0.3) is 0 Å². The van der Waals surface area contributed by atoms with E-state index in [4.69, 9.17) is 5.11 Å². The smallest absolute Gasteiger partial charge is 0.339 e. The summed E-state index contributed by atoms with van der Waals surface area (Å²) in [6.45, 7) is 2.44. The van der Waals surface area contributed by atoms with Crippen LogP contribution >= 0.6 is 11.3 Å². The molecule has 0 aliphatic carbocycles. The van der Waals surface area contributed by atoms with Gasteiger partial charge < -0.3 is 10.4 Å². The van der Waals surface area contributed by atoms with Crippen LogP contribution in [0.2, 0.25) is 0 Å². The SMILES string of the molecule is C[C@H](NCc1ncncc1C(=O)O)c1cccs1. The molecule has 0 aromatic carbocycles. The van der Waals surface area contributed by atoms with Gasteiger partial charge in [0.25, 0.3) is 0 Å². The van der Waals surface area contributed by atoms with E-state index in [1.807, 2.05) is 24.4 Å². The summed E-state index contributed by atoms with van der Waals surface area (Å²) in [5.74, 6) is -1.00. The number of aromatic carboxylic acids is 1. The molecule has 2 aromatic heterocycles. The Morgan fingerprint density at radius 1 is 1.61 bits per heavy atom. The number of carboxylic acid groups (broad SMARTS) is 1. The van der Waals surface area contributed by atoms with Crippen molar-refractivity contribution in [1.29, 1.82) is 0 Å². The topological polar surface area (TPSA) is 75.1 Å². The maximum absolute atomic E-state index is 11.0. The lowest BCUT2D eigenvalue weighted by atomic mass is 10.2. The zero-order valence-electron chi connectivity index (χ0n) is 9.83. The van der Waals surface area contributed by atoms with Crippen molar-refractivity contribution < 1.29 is 9.90 Å². The molecule has 2 rings (SSSR count). The van der Waals surface area contributed by atoms with Crippen molar-refractivity contribution >= 4 is 17.3 Å². The molecular formula is C12H13N3O2S. The minimum atomic E-state index is -1.00. The number of carboxylic acids is 1. The van der Waals surface area contributed by atoms with Gasteiger partial charge in [0.2, 0.25) is 0 Å².